The summed E-state index contributed by atoms with van der Waals surface area (Å²) >= 11 is 4.64. The third kappa shape index (κ3) is 2.06. The number of hydrogen-bond donors (Lipinski definition) is 2. The Labute approximate surface area is 65.2 Å². The summed E-state index contributed by atoms with van der Waals surface area (Å²) < 4.78 is 0. The highest BCUT2D eigenvalue weighted by molar-refractivity contribution is 7.80. The van der Waals surface area contributed by atoms with Gasteiger partial charge in [-0.3, -0.25) is 10.4 Å². The van der Waals surface area contributed by atoms with E-state index >= 15 is 0 Å². The third-order valence-corrected chi connectivity index (χ3v) is 1.16. The summed E-state index contributed by atoms with van der Waals surface area (Å²) in [4.78, 5) is 0. The van der Waals surface area contributed by atoms with Crippen molar-refractivity contribution in [3.8, 4) is 0 Å². The Hall–Kier alpha value is -1.03. The molecule has 3 N–H and O–H groups in total. The van der Waals surface area contributed by atoms with Gasteiger partial charge in [0.1, 0.15) is 0 Å². The molecule has 0 radical (unpaired) electrons. The molecule has 0 aromatic heterocycles. The normalized spacial score (nSPS) is 15.4. The minimum Gasteiger partial charge on any atom is -0.375 e. The van der Waals surface area contributed by atoms with E-state index in [1.165, 1.54) is 0 Å². The molecule has 1 heterocycles. The summed E-state index contributed by atoms with van der Waals surface area (Å²) in [5.41, 5.74) is 8.03. The van der Waals surface area contributed by atoms with Crippen LogP contribution in [0, 0.1) is 0 Å². The zero-order valence-corrected chi connectivity index (χ0v) is 6.27. The quantitative estimate of drug-likeness (QED) is 0.528. The topological polar surface area (TPSA) is 41.3 Å². The smallest absolute Gasteiger partial charge is 0.182 e. The van der Waals surface area contributed by atoms with Crippen molar-refractivity contribution in [2.24, 2.45) is 5.73 Å². The van der Waals surface area contributed by atoms with Crippen LogP contribution in [0.1, 0.15) is 0 Å². The molecule has 0 saturated heterocycles. The lowest BCUT2D eigenvalue weighted by atomic mass is 10.4. The van der Waals surface area contributed by atoms with Gasteiger partial charge in [-0.05, 0) is 18.3 Å². The van der Waals surface area contributed by atoms with Crippen molar-refractivity contribution in [1.29, 1.82) is 0 Å². The molecule has 1 rings (SSSR count). The number of hydrogen-bond acceptors (Lipinski definition) is 2. The summed E-state index contributed by atoms with van der Waals surface area (Å²) in [7, 11) is 0. The highest BCUT2D eigenvalue weighted by atomic mass is 32.1. The van der Waals surface area contributed by atoms with E-state index in [1.54, 1.807) is 0 Å². The highest BCUT2D eigenvalue weighted by Gasteiger charge is 1.96. The minimum absolute atomic E-state index is 0.292. The molecule has 1 aliphatic heterocycles. The Morgan fingerprint density at radius 2 is 2.40 bits per heavy atom. The predicted octanol–water partition coefficient (Wildman–Crippen LogP) is 0.120. The van der Waals surface area contributed by atoms with E-state index in [1.807, 2.05) is 29.4 Å². The molecule has 0 unspecified atom stereocenters. The molecule has 54 valence electrons. The Kier molecular flexibility index (Phi) is 2.28. The molecule has 10 heavy (non-hydrogen) atoms. The van der Waals surface area contributed by atoms with Crippen LogP contribution in [0.4, 0.5) is 0 Å². The van der Waals surface area contributed by atoms with Gasteiger partial charge in [-0.15, -0.1) is 0 Å². The average molecular weight is 155 g/mol. The first kappa shape index (κ1) is 7.08. The van der Waals surface area contributed by atoms with Gasteiger partial charge in [-0.1, -0.05) is 12.2 Å². The molecule has 1 aliphatic rings. The van der Waals surface area contributed by atoms with Gasteiger partial charge in [0.2, 0.25) is 0 Å². The fourth-order valence-corrected chi connectivity index (χ4v) is 0.809. The first-order chi connectivity index (χ1) is 4.79. The molecule has 0 aromatic carbocycles. The maximum atomic E-state index is 5.24. The number of nitrogens with one attached hydrogen (secondary N) is 1. The van der Waals surface area contributed by atoms with Gasteiger partial charge in [0.15, 0.2) is 5.11 Å². The zero-order chi connectivity index (χ0) is 7.40. The molecule has 0 amide bonds. The largest absolute Gasteiger partial charge is 0.375 e. The maximum Gasteiger partial charge on any atom is 0.182 e. The minimum atomic E-state index is 0.292. The van der Waals surface area contributed by atoms with Crippen LogP contribution in [0.15, 0.2) is 24.4 Å². The van der Waals surface area contributed by atoms with Crippen LogP contribution in [0.5, 0.6) is 0 Å². The second kappa shape index (κ2) is 3.22. The molecule has 0 aromatic rings. The van der Waals surface area contributed by atoms with Gasteiger partial charge in [-0.25, -0.2) is 0 Å². The Bertz CT molecular complexity index is 185. The zero-order valence-electron chi connectivity index (χ0n) is 5.45. The monoisotopic (exact) mass is 155 g/mol. The number of nitrogens with zero attached hydrogens (tertiary/aromatic N) is 1. The van der Waals surface area contributed by atoms with Crippen LogP contribution in [-0.4, -0.2) is 16.7 Å². The van der Waals surface area contributed by atoms with Crippen LogP contribution < -0.4 is 11.2 Å². The fraction of sp³-hybridized carbons (Fsp3) is 0.167. The SMILES string of the molecule is NC(=S)NN1C=CC=CC1. The van der Waals surface area contributed by atoms with E-state index in [4.69, 9.17) is 5.73 Å². The number of hydrazine groups is 1. The summed E-state index contributed by atoms with van der Waals surface area (Å²) in [6.07, 6.45) is 7.76. The van der Waals surface area contributed by atoms with Crippen molar-refractivity contribution in [1.82, 2.24) is 10.4 Å². The molecule has 0 spiro atoms. The van der Waals surface area contributed by atoms with E-state index in [0.717, 1.165) is 6.54 Å². The molecule has 0 atom stereocenters. The Morgan fingerprint density at radius 1 is 1.60 bits per heavy atom. The van der Waals surface area contributed by atoms with Crippen molar-refractivity contribution in [3.05, 3.63) is 24.4 Å². The maximum absolute atomic E-state index is 5.24. The van der Waals surface area contributed by atoms with Crippen molar-refractivity contribution in [3.63, 3.8) is 0 Å². The molecule has 3 nitrogen and oxygen atoms in total. The number of thiocarbonyl (C=S) groups is 1. The highest BCUT2D eigenvalue weighted by Crippen LogP contribution is 1.92. The van der Waals surface area contributed by atoms with Gasteiger partial charge in [-0.2, -0.15) is 0 Å². The van der Waals surface area contributed by atoms with Crippen molar-refractivity contribution < 1.29 is 0 Å². The first-order valence-electron chi connectivity index (χ1n) is 2.95. The number of rotatable bonds is 1. The van der Waals surface area contributed by atoms with Crippen LogP contribution in [-0.2, 0) is 0 Å². The van der Waals surface area contributed by atoms with E-state index in [0.29, 0.717) is 5.11 Å². The third-order valence-electron chi connectivity index (χ3n) is 1.07. The van der Waals surface area contributed by atoms with Crippen LogP contribution in [0.3, 0.4) is 0 Å². The molecular weight excluding hydrogens is 146 g/mol. The van der Waals surface area contributed by atoms with Gasteiger partial charge in [0.25, 0.3) is 0 Å². The van der Waals surface area contributed by atoms with Gasteiger partial charge >= 0.3 is 0 Å². The second-order valence-electron chi connectivity index (χ2n) is 1.90. The van der Waals surface area contributed by atoms with Crippen LogP contribution in [0.25, 0.3) is 0 Å². The lowest BCUT2D eigenvalue weighted by Gasteiger charge is -2.20. The number of nitrogens with two attached hydrogens (primary N) is 1. The molecular formula is C6H9N3S. The van der Waals surface area contributed by atoms with E-state index in [-0.39, 0.29) is 0 Å². The van der Waals surface area contributed by atoms with E-state index in [9.17, 15) is 0 Å². The lowest BCUT2D eigenvalue weighted by Crippen LogP contribution is -2.42. The van der Waals surface area contributed by atoms with E-state index in [2.05, 4.69) is 17.6 Å². The van der Waals surface area contributed by atoms with Gasteiger partial charge in [0, 0.05) is 6.20 Å². The summed E-state index contributed by atoms with van der Waals surface area (Å²) in [6, 6.07) is 0. The average Bonchev–Trinajstić information content (AvgIpc) is 1.88. The van der Waals surface area contributed by atoms with Crippen LogP contribution in [0.2, 0.25) is 0 Å². The first-order valence-corrected chi connectivity index (χ1v) is 3.36. The molecule has 0 bridgehead atoms. The summed E-state index contributed by atoms with van der Waals surface area (Å²) in [5, 5.41) is 2.10. The summed E-state index contributed by atoms with van der Waals surface area (Å²) in [6.45, 7) is 0.799. The summed E-state index contributed by atoms with van der Waals surface area (Å²) in [5.74, 6) is 0. The van der Waals surface area contributed by atoms with Crippen molar-refractivity contribution >= 4 is 17.3 Å². The molecule has 0 aliphatic carbocycles. The lowest BCUT2D eigenvalue weighted by molar-refractivity contribution is 0.367. The van der Waals surface area contributed by atoms with Gasteiger partial charge < -0.3 is 5.73 Å². The Morgan fingerprint density at radius 3 is 2.90 bits per heavy atom. The van der Waals surface area contributed by atoms with Gasteiger partial charge in [0.05, 0.1) is 6.54 Å². The fourth-order valence-electron chi connectivity index (χ4n) is 0.692. The van der Waals surface area contributed by atoms with Crippen LogP contribution >= 0.6 is 12.2 Å². The van der Waals surface area contributed by atoms with E-state index < -0.39 is 0 Å². The molecule has 0 saturated carbocycles. The standard InChI is InChI=1S/C6H9N3S/c7-6(10)8-9-4-2-1-3-5-9/h1-4H,5H2,(H3,7,8,10). The predicted molar refractivity (Wildman–Crippen MR) is 44.9 cm³/mol. The number of allylic oxidation sites excluding steroid dienone is 2. The van der Waals surface area contributed by atoms with Crippen molar-refractivity contribution in [2.75, 3.05) is 6.54 Å². The second-order valence-corrected chi connectivity index (χ2v) is 2.34. The molecule has 0 fully saturated rings. The van der Waals surface area contributed by atoms with Crippen molar-refractivity contribution in [2.45, 2.75) is 0 Å². The molecule has 4 heteroatoms. The Balaban J connectivity index is 2.37.